The first-order valence-electron chi connectivity index (χ1n) is 6.29. The van der Waals surface area contributed by atoms with Crippen molar-refractivity contribution in [2.45, 2.75) is 6.42 Å². The van der Waals surface area contributed by atoms with Crippen molar-refractivity contribution < 1.29 is 4.79 Å². The molecule has 0 fully saturated rings. The van der Waals surface area contributed by atoms with Crippen molar-refractivity contribution in [1.29, 1.82) is 0 Å². The van der Waals surface area contributed by atoms with E-state index in [0.29, 0.717) is 5.13 Å². The topological polar surface area (TPSA) is 71.2 Å². The van der Waals surface area contributed by atoms with Crippen LogP contribution in [0.25, 0.3) is 0 Å². The van der Waals surface area contributed by atoms with Crippen molar-refractivity contribution in [2.75, 3.05) is 30.9 Å². The molecule has 1 heterocycles. The van der Waals surface area contributed by atoms with Crippen LogP contribution in [0.3, 0.4) is 0 Å². The van der Waals surface area contributed by atoms with Crippen LogP contribution in [0.5, 0.6) is 0 Å². The number of nitrogens with one attached hydrogen (secondary N) is 1. The smallest absolute Gasteiger partial charge is 0.239 e. The number of rotatable bonds is 5. The summed E-state index contributed by atoms with van der Waals surface area (Å²) in [5.41, 5.74) is 7.64. The Morgan fingerprint density at radius 1 is 1.35 bits per heavy atom. The predicted molar refractivity (Wildman–Crippen MR) is 83.4 cm³/mol. The van der Waals surface area contributed by atoms with Crippen LogP contribution in [0, 0.1) is 0 Å². The van der Waals surface area contributed by atoms with E-state index in [2.05, 4.69) is 39.5 Å². The van der Waals surface area contributed by atoms with Crippen molar-refractivity contribution in [3.05, 3.63) is 40.9 Å². The predicted octanol–water partition coefficient (Wildman–Crippen LogP) is 1.70. The Morgan fingerprint density at radius 2 is 2.05 bits per heavy atom. The number of carbonyl (C=O) groups excluding carboxylic acids is 1. The normalized spacial score (nSPS) is 10.3. The maximum absolute atomic E-state index is 11.2. The van der Waals surface area contributed by atoms with Gasteiger partial charge < -0.3 is 16.0 Å². The summed E-state index contributed by atoms with van der Waals surface area (Å²) < 4.78 is 0. The molecule has 20 heavy (non-hydrogen) atoms. The van der Waals surface area contributed by atoms with Crippen LogP contribution in [0.4, 0.5) is 10.8 Å². The minimum Gasteiger partial charge on any atom is -0.378 e. The van der Waals surface area contributed by atoms with Crippen LogP contribution >= 0.6 is 11.3 Å². The van der Waals surface area contributed by atoms with E-state index in [1.807, 2.05) is 14.1 Å². The van der Waals surface area contributed by atoms with E-state index in [0.717, 1.165) is 11.3 Å². The van der Waals surface area contributed by atoms with Gasteiger partial charge in [-0.3, -0.25) is 4.79 Å². The Kier molecular flexibility index (Phi) is 4.70. The maximum atomic E-state index is 11.2. The lowest BCUT2D eigenvalue weighted by Crippen LogP contribution is -2.21. The summed E-state index contributed by atoms with van der Waals surface area (Å²) in [5.74, 6) is -0.221. The summed E-state index contributed by atoms with van der Waals surface area (Å²) in [7, 11) is 4.04. The van der Waals surface area contributed by atoms with Crippen molar-refractivity contribution in [1.82, 2.24) is 4.98 Å². The molecule has 0 unspecified atom stereocenters. The number of hydrogen-bond donors (Lipinski definition) is 2. The fourth-order valence-electron chi connectivity index (χ4n) is 1.73. The fraction of sp³-hybridized carbons (Fsp3) is 0.286. The lowest BCUT2D eigenvalue weighted by molar-refractivity contribution is -0.114. The minimum atomic E-state index is -0.221. The Hall–Kier alpha value is -1.92. The van der Waals surface area contributed by atoms with Gasteiger partial charge in [-0.2, -0.15) is 0 Å². The molecule has 3 N–H and O–H groups in total. The summed E-state index contributed by atoms with van der Waals surface area (Å²) in [6, 6.07) is 8.39. The first kappa shape index (κ1) is 14.5. The molecule has 2 rings (SSSR count). The van der Waals surface area contributed by atoms with Crippen molar-refractivity contribution in [3.8, 4) is 0 Å². The molecular weight excluding hydrogens is 272 g/mol. The first-order valence-corrected chi connectivity index (χ1v) is 7.11. The molecule has 1 aromatic heterocycles. The van der Waals surface area contributed by atoms with Gasteiger partial charge in [0, 0.05) is 37.3 Å². The van der Waals surface area contributed by atoms with Gasteiger partial charge in [-0.05, 0) is 17.7 Å². The van der Waals surface area contributed by atoms with Gasteiger partial charge in [0.2, 0.25) is 5.91 Å². The maximum Gasteiger partial charge on any atom is 0.239 e. The van der Waals surface area contributed by atoms with E-state index in [1.54, 1.807) is 6.20 Å². The third-order valence-electron chi connectivity index (χ3n) is 2.82. The number of thiazole rings is 1. The van der Waals surface area contributed by atoms with Gasteiger partial charge >= 0.3 is 0 Å². The van der Waals surface area contributed by atoms with Crippen LogP contribution in [0.2, 0.25) is 0 Å². The molecule has 0 aliphatic heterocycles. The third-order valence-corrected chi connectivity index (χ3v) is 3.73. The van der Waals surface area contributed by atoms with Gasteiger partial charge in [0.05, 0.1) is 6.54 Å². The van der Waals surface area contributed by atoms with Crippen molar-refractivity contribution in [2.24, 2.45) is 5.73 Å². The molecule has 0 spiro atoms. The number of hydrogen-bond acceptors (Lipinski definition) is 5. The first-order chi connectivity index (χ1) is 9.58. The molecule has 0 saturated heterocycles. The quantitative estimate of drug-likeness (QED) is 0.879. The van der Waals surface area contributed by atoms with E-state index >= 15 is 0 Å². The second-order valence-corrected chi connectivity index (χ2v) is 5.74. The molecule has 0 saturated carbocycles. The van der Waals surface area contributed by atoms with Crippen molar-refractivity contribution in [3.63, 3.8) is 0 Å². The number of nitrogens with two attached hydrogens (primary N) is 1. The molecule has 1 aromatic carbocycles. The fourth-order valence-corrected chi connectivity index (χ4v) is 2.59. The van der Waals surface area contributed by atoms with Gasteiger partial charge in [0.1, 0.15) is 0 Å². The van der Waals surface area contributed by atoms with Gasteiger partial charge in [0.25, 0.3) is 0 Å². The molecule has 0 atom stereocenters. The Morgan fingerprint density at radius 3 is 2.65 bits per heavy atom. The molecule has 2 aromatic rings. The molecule has 0 aliphatic carbocycles. The molecule has 0 aliphatic rings. The number of nitrogens with zero attached hydrogens (tertiary/aromatic N) is 2. The summed E-state index contributed by atoms with van der Waals surface area (Å²) in [6.07, 6.45) is 2.60. The van der Waals surface area contributed by atoms with Gasteiger partial charge in [-0.1, -0.05) is 12.1 Å². The Labute approximate surface area is 122 Å². The average Bonchev–Trinajstić information content (AvgIpc) is 2.86. The van der Waals surface area contributed by atoms with E-state index < -0.39 is 0 Å². The van der Waals surface area contributed by atoms with Crippen LogP contribution in [0.1, 0.15) is 10.4 Å². The molecule has 5 nitrogen and oxygen atoms in total. The van der Waals surface area contributed by atoms with Gasteiger partial charge in [0.15, 0.2) is 5.13 Å². The largest absolute Gasteiger partial charge is 0.378 e. The molecular formula is C14H18N4OS. The number of amides is 1. The average molecular weight is 290 g/mol. The number of anilines is 2. The molecule has 0 bridgehead atoms. The highest BCUT2D eigenvalue weighted by molar-refractivity contribution is 7.15. The highest BCUT2D eigenvalue weighted by Crippen LogP contribution is 2.22. The second kappa shape index (κ2) is 6.49. The second-order valence-electron chi connectivity index (χ2n) is 4.62. The number of aromatic nitrogens is 1. The zero-order valence-corrected chi connectivity index (χ0v) is 12.4. The van der Waals surface area contributed by atoms with E-state index in [1.165, 1.54) is 22.6 Å². The van der Waals surface area contributed by atoms with E-state index in [4.69, 9.17) is 5.73 Å². The zero-order chi connectivity index (χ0) is 14.5. The lowest BCUT2D eigenvalue weighted by Gasteiger charge is -2.12. The van der Waals surface area contributed by atoms with Crippen molar-refractivity contribution >= 4 is 28.1 Å². The van der Waals surface area contributed by atoms with Crippen LogP contribution in [0.15, 0.2) is 30.5 Å². The standard InChI is InChI=1S/C14H18N4OS/c1-18(2)11-5-3-10(4-6-11)7-12-9-16-14(20-12)17-13(19)8-15/h3-6,9H,7-8,15H2,1-2H3,(H,16,17,19). The molecule has 1 amide bonds. The summed E-state index contributed by atoms with van der Waals surface area (Å²) in [5, 5.41) is 3.26. The SMILES string of the molecule is CN(C)c1ccc(Cc2cnc(NC(=O)CN)s2)cc1. The summed E-state index contributed by atoms with van der Waals surface area (Å²) in [6.45, 7) is -0.0269. The van der Waals surface area contributed by atoms with Crippen LogP contribution in [-0.2, 0) is 11.2 Å². The zero-order valence-electron chi connectivity index (χ0n) is 11.6. The van der Waals surface area contributed by atoms with Gasteiger partial charge in [-0.25, -0.2) is 4.98 Å². The summed E-state index contributed by atoms with van der Waals surface area (Å²) in [4.78, 5) is 18.5. The minimum absolute atomic E-state index is 0.0269. The number of carbonyl (C=O) groups is 1. The molecule has 106 valence electrons. The molecule has 6 heteroatoms. The lowest BCUT2D eigenvalue weighted by atomic mass is 10.1. The monoisotopic (exact) mass is 290 g/mol. The Bertz CT molecular complexity index is 577. The Balaban J connectivity index is 2.01. The number of benzene rings is 1. The van der Waals surface area contributed by atoms with E-state index in [9.17, 15) is 4.79 Å². The van der Waals surface area contributed by atoms with Crippen LogP contribution in [-0.4, -0.2) is 31.5 Å². The highest BCUT2D eigenvalue weighted by Gasteiger charge is 2.06. The highest BCUT2D eigenvalue weighted by atomic mass is 32.1. The third kappa shape index (κ3) is 3.79. The van der Waals surface area contributed by atoms with E-state index in [-0.39, 0.29) is 12.5 Å². The van der Waals surface area contributed by atoms with Gasteiger partial charge in [-0.15, -0.1) is 11.3 Å². The summed E-state index contributed by atoms with van der Waals surface area (Å²) >= 11 is 1.47. The molecule has 0 radical (unpaired) electrons. The van der Waals surface area contributed by atoms with Crippen LogP contribution < -0.4 is 16.0 Å².